The van der Waals surface area contributed by atoms with Gasteiger partial charge in [0.2, 0.25) is 0 Å². The lowest BCUT2D eigenvalue weighted by molar-refractivity contribution is 0.296. The summed E-state index contributed by atoms with van der Waals surface area (Å²) in [7, 11) is 0. The zero-order chi connectivity index (χ0) is 12.0. The lowest BCUT2D eigenvalue weighted by atomic mass is 9.98. The van der Waals surface area contributed by atoms with Gasteiger partial charge in [-0.1, -0.05) is 11.6 Å². The molecule has 2 N–H and O–H groups in total. The van der Waals surface area contributed by atoms with E-state index in [0.717, 1.165) is 36.1 Å². The first-order valence-electron chi connectivity index (χ1n) is 6.00. The van der Waals surface area contributed by atoms with Crippen LogP contribution in [-0.2, 0) is 5.54 Å². The second-order valence-electron chi connectivity index (χ2n) is 4.90. The van der Waals surface area contributed by atoms with Crippen molar-refractivity contribution in [2.45, 2.75) is 31.7 Å². The average molecular weight is 254 g/mol. The third kappa shape index (κ3) is 1.78. The highest BCUT2D eigenvalue weighted by molar-refractivity contribution is 6.32. The second kappa shape index (κ2) is 3.79. The molecule has 0 radical (unpaired) electrons. The van der Waals surface area contributed by atoms with Gasteiger partial charge in [-0.05, 0) is 31.4 Å². The Balaban J connectivity index is 2.15. The standard InChI is InChI=1S/C13H16ClNO2/c1-8-9(13(15)3-4-13)7-10(14)12-11(8)16-5-2-6-17-12/h7H,2-6,15H2,1H3. The van der Waals surface area contributed by atoms with Crippen molar-refractivity contribution in [2.24, 2.45) is 5.73 Å². The number of hydrogen-bond acceptors (Lipinski definition) is 3. The summed E-state index contributed by atoms with van der Waals surface area (Å²) >= 11 is 6.27. The molecule has 1 heterocycles. The molecule has 0 atom stereocenters. The fourth-order valence-electron chi connectivity index (χ4n) is 2.34. The predicted molar refractivity (Wildman–Crippen MR) is 66.9 cm³/mol. The van der Waals surface area contributed by atoms with E-state index in [-0.39, 0.29) is 5.54 Å². The number of fused-ring (bicyclic) bond motifs is 1. The van der Waals surface area contributed by atoms with E-state index in [1.165, 1.54) is 0 Å². The minimum Gasteiger partial charge on any atom is -0.489 e. The van der Waals surface area contributed by atoms with E-state index in [0.29, 0.717) is 24.0 Å². The summed E-state index contributed by atoms with van der Waals surface area (Å²) < 4.78 is 11.4. The summed E-state index contributed by atoms with van der Waals surface area (Å²) in [4.78, 5) is 0. The third-order valence-electron chi connectivity index (χ3n) is 3.55. The van der Waals surface area contributed by atoms with Gasteiger partial charge >= 0.3 is 0 Å². The van der Waals surface area contributed by atoms with Crippen molar-refractivity contribution >= 4 is 11.6 Å². The molecule has 0 bridgehead atoms. The Bertz CT molecular complexity index is 469. The zero-order valence-corrected chi connectivity index (χ0v) is 10.6. The number of ether oxygens (including phenoxy) is 2. The van der Waals surface area contributed by atoms with Crippen LogP contribution in [0.15, 0.2) is 6.07 Å². The number of hydrogen-bond donors (Lipinski definition) is 1. The van der Waals surface area contributed by atoms with Crippen molar-refractivity contribution in [3.8, 4) is 11.5 Å². The number of halogens is 1. The molecule has 4 heteroatoms. The highest BCUT2D eigenvalue weighted by Crippen LogP contribution is 2.50. The molecule has 1 aliphatic carbocycles. The third-order valence-corrected chi connectivity index (χ3v) is 3.83. The molecule has 0 amide bonds. The van der Waals surface area contributed by atoms with E-state index in [1.807, 2.05) is 13.0 Å². The van der Waals surface area contributed by atoms with E-state index in [2.05, 4.69) is 0 Å². The molecule has 3 rings (SSSR count). The fourth-order valence-corrected chi connectivity index (χ4v) is 2.59. The molecular weight excluding hydrogens is 238 g/mol. The second-order valence-corrected chi connectivity index (χ2v) is 5.30. The van der Waals surface area contributed by atoms with Gasteiger partial charge in [-0.15, -0.1) is 0 Å². The molecule has 17 heavy (non-hydrogen) atoms. The van der Waals surface area contributed by atoms with E-state index in [4.69, 9.17) is 26.8 Å². The Hall–Kier alpha value is -0.930. The molecule has 0 unspecified atom stereocenters. The molecule has 1 aromatic carbocycles. The predicted octanol–water partition coefficient (Wildman–Crippen LogP) is 2.76. The van der Waals surface area contributed by atoms with E-state index < -0.39 is 0 Å². The van der Waals surface area contributed by atoms with Gasteiger partial charge in [0.1, 0.15) is 0 Å². The Morgan fingerprint density at radius 3 is 2.53 bits per heavy atom. The summed E-state index contributed by atoms with van der Waals surface area (Å²) in [5.74, 6) is 1.45. The van der Waals surface area contributed by atoms with Crippen LogP contribution < -0.4 is 15.2 Å². The van der Waals surface area contributed by atoms with Crippen LogP contribution in [0.25, 0.3) is 0 Å². The van der Waals surface area contributed by atoms with Crippen LogP contribution in [0, 0.1) is 6.92 Å². The number of benzene rings is 1. The van der Waals surface area contributed by atoms with E-state index >= 15 is 0 Å². The first kappa shape index (κ1) is 11.2. The van der Waals surface area contributed by atoms with Crippen LogP contribution in [0.2, 0.25) is 5.02 Å². The van der Waals surface area contributed by atoms with Crippen molar-refractivity contribution < 1.29 is 9.47 Å². The van der Waals surface area contributed by atoms with Crippen molar-refractivity contribution in [3.63, 3.8) is 0 Å². The zero-order valence-electron chi connectivity index (χ0n) is 9.88. The molecule has 1 saturated carbocycles. The summed E-state index contributed by atoms with van der Waals surface area (Å²) in [6.45, 7) is 3.36. The fraction of sp³-hybridized carbons (Fsp3) is 0.538. The number of rotatable bonds is 1. The van der Waals surface area contributed by atoms with Gasteiger partial charge in [-0.25, -0.2) is 0 Å². The van der Waals surface area contributed by atoms with Crippen molar-refractivity contribution in [1.82, 2.24) is 0 Å². The summed E-state index contributed by atoms with van der Waals surface area (Å²) in [6, 6.07) is 1.94. The molecule has 1 aromatic rings. The van der Waals surface area contributed by atoms with Gasteiger partial charge in [0.15, 0.2) is 11.5 Å². The first-order chi connectivity index (χ1) is 8.12. The summed E-state index contributed by atoms with van der Waals surface area (Å²) in [6.07, 6.45) is 2.92. The maximum Gasteiger partial charge on any atom is 0.180 e. The minimum absolute atomic E-state index is 0.196. The Morgan fingerprint density at radius 1 is 1.24 bits per heavy atom. The molecule has 3 nitrogen and oxygen atoms in total. The average Bonchev–Trinajstić information content (AvgIpc) is 3.07. The Kier molecular flexibility index (Phi) is 2.49. The van der Waals surface area contributed by atoms with Crippen LogP contribution in [0.5, 0.6) is 11.5 Å². The van der Waals surface area contributed by atoms with Crippen LogP contribution in [0.3, 0.4) is 0 Å². The van der Waals surface area contributed by atoms with Crippen molar-refractivity contribution in [3.05, 3.63) is 22.2 Å². The van der Waals surface area contributed by atoms with Crippen LogP contribution in [0.4, 0.5) is 0 Å². The molecule has 1 aliphatic heterocycles. The molecule has 1 fully saturated rings. The van der Waals surface area contributed by atoms with E-state index in [9.17, 15) is 0 Å². The highest BCUT2D eigenvalue weighted by atomic mass is 35.5. The van der Waals surface area contributed by atoms with Crippen LogP contribution >= 0.6 is 11.6 Å². The SMILES string of the molecule is Cc1c(C2(N)CC2)cc(Cl)c2c1OCCCO2. The van der Waals surface area contributed by atoms with Gasteiger partial charge in [0, 0.05) is 17.5 Å². The molecule has 0 aromatic heterocycles. The van der Waals surface area contributed by atoms with Crippen LogP contribution in [0.1, 0.15) is 30.4 Å². The van der Waals surface area contributed by atoms with Crippen LogP contribution in [-0.4, -0.2) is 13.2 Å². The van der Waals surface area contributed by atoms with Crippen molar-refractivity contribution in [2.75, 3.05) is 13.2 Å². The maximum absolute atomic E-state index is 6.27. The molecular formula is C13H16ClNO2. The Morgan fingerprint density at radius 2 is 1.88 bits per heavy atom. The largest absolute Gasteiger partial charge is 0.489 e. The smallest absolute Gasteiger partial charge is 0.180 e. The van der Waals surface area contributed by atoms with E-state index in [1.54, 1.807) is 0 Å². The lowest BCUT2D eigenvalue weighted by Gasteiger charge is -2.19. The molecule has 92 valence electrons. The minimum atomic E-state index is -0.196. The highest BCUT2D eigenvalue weighted by Gasteiger charge is 2.42. The molecule has 0 saturated heterocycles. The normalized spacial score (nSPS) is 20.9. The topological polar surface area (TPSA) is 44.5 Å². The van der Waals surface area contributed by atoms with Gasteiger partial charge in [0.05, 0.1) is 18.2 Å². The maximum atomic E-state index is 6.27. The van der Waals surface area contributed by atoms with Gasteiger partial charge in [-0.3, -0.25) is 0 Å². The van der Waals surface area contributed by atoms with Gasteiger partial charge < -0.3 is 15.2 Å². The molecule has 0 spiro atoms. The number of nitrogens with two attached hydrogens (primary N) is 1. The van der Waals surface area contributed by atoms with Gasteiger partial charge in [0.25, 0.3) is 0 Å². The lowest BCUT2D eigenvalue weighted by Crippen LogP contribution is -2.20. The van der Waals surface area contributed by atoms with Crippen molar-refractivity contribution in [1.29, 1.82) is 0 Å². The summed E-state index contributed by atoms with van der Waals surface area (Å²) in [5, 5.41) is 0.610. The van der Waals surface area contributed by atoms with Gasteiger partial charge in [-0.2, -0.15) is 0 Å². The quantitative estimate of drug-likeness (QED) is 0.837. The monoisotopic (exact) mass is 253 g/mol. The summed E-state index contributed by atoms with van der Waals surface area (Å²) in [5.41, 5.74) is 8.24. The molecule has 2 aliphatic rings. The Labute approximate surface area is 106 Å². The first-order valence-corrected chi connectivity index (χ1v) is 6.38.